The Labute approximate surface area is 139 Å². The van der Waals surface area contributed by atoms with Crippen molar-refractivity contribution in [2.24, 2.45) is 0 Å². The molecule has 3 rings (SSSR count). The fraction of sp³-hybridized carbons (Fsp3) is 0.227. The van der Waals surface area contributed by atoms with Crippen molar-refractivity contribution in [3.8, 4) is 11.1 Å². The van der Waals surface area contributed by atoms with Gasteiger partial charge >= 0.3 is 0 Å². The van der Waals surface area contributed by atoms with E-state index in [4.69, 9.17) is 0 Å². The topological polar surface area (TPSA) is 3.88 Å². The quantitative estimate of drug-likeness (QED) is 0.589. The van der Waals surface area contributed by atoms with Crippen molar-refractivity contribution in [2.45, 2.75) is 33.2 Å². The van der Waals surface area contributed by atoms with Gasteiger partial charge in [-0.15, -0.1) is 0 Å². The molecule has 0 N–H and O–H groups in total. The van der Waals surface area contributed by atoms with Gasteiger partial charge in [-0.2, -0.15) is 4.57 Å². The van der Waals surface area contributed by atoms with Crippen molar-refractivity contribution in [3.63, 3.8) is 0 Å². The summed E-state index contributed by atoms with van der Waals surface area (Å²) in [5.41, 5.74) is 6.58. The van der Waals surface area contributed by atoms with Gasteiger partial charge in [-0.1, -0.05) is 74.0 Å². The minimum Gasteiger partial charge on any atom is -0.198 e. The monoisotopic (exact) mass is 302 g/mol. The SMILES string of the molecule is Cc1ccc(C[n+]2ccc(-c3ccccc3)cc2C(C)C)cc1. The van der Waals surface area contributed by atoms with Crippen LogP contribution in [-0.2, 0) is 6.54 Å². The van der Waals surface area contributed by atoms with Crippen molar-refractivity contribution in [1.29, 1.82) is 0 Å². The Morgan fingerprint density at radius 1 is 0.826 bits per heavy atom. The highest BCUT2D eigenvalue weighted by Crippen LogP contribution is 2.21. The Hall–Kier alpha value is -2.41. The lowest BCUT2D eigenvalue weighted by Crippen LogP contribution is -2.39. The van der Waals surface area contributed by atoms with E-state index in [0.29, 0.717) is 5.92 Å². The van der Waals surface area contributed by atoms with Crippen LogP contribution in [0, 0.1) is 6.92 Å². The summed E-state index contributed by atoms with van der Waals surface area (Å²) in [6.45, 7) is 7.57. The van der Waals surface area contributed by atoms with Gasteiger partial charge in [0, 0.05) is 23.6 Å². The molecule has 0 aliphatic rings. The van der Waals surface area contributed by atoms with Crippen LogP contribution in [-0.4, -0.2) is 0 Å². The molecule has 0 spiro atoms. The second kappa shape index (κ2) is 6.78. The van der Waals surface area contributed by atoms with Crippen LogP contribution in [0.4, 0.5) is 0 Å². The largest absolute Gasteiger partial charge is 0.198 e. The lowest BCUT2D eigenvalue weighted by atomic mass is 10.0. The third kappa shape index (κ3) is 3.68. The summed E-state index contributed by atoms with van der Waals surface area (Å²) < 4.78 is 2.36. The standard InChI is InChI=1S/C22H24N/c1-17(2)22-15-21(20-7-5-4-6-8-20)13-14-23(22)16-19-11-9-18(3)10-12-19/h4-15,17H,16H2,1-3H3/q+1. The molecule has 0 saturated heterocycles. The Morgan fingerprint density at radius 2 is 1.52 bits per heavy atom. The average molecular weight is 302 g/mol. The predicted octanol–water partition coefficient (Wildman–Crippen LogP) is 5.12. The number of hydrogen-bond donors (Lipinski definition) is 0. The van der Waals surface area contributed by atoms with E-state index in [-0.39, 0.29) is 0 Å². The number of benzene rings is 2. The third-order valence-corrected chi connectivity index (χ3v) is 4.24. The summed E-state index contributed by atoms with van der Waals surface area (Å²) in [6, 6.07) is 23.9. The maximum absolute atomic E-state index is 2.36. The predicted molar refractivity (Wildman–Crippen MR) is 96.4 cm³/mol. The van der Waals surface area contributed by atoms with Gasteiger partial charge in [0.05, 0.1) is 0 Å². The molecule has 0 atom stereocenters. The summed E-state index contributed by atoms with van der Waals surface area (Å²) >= 11 is 0. The van der Waals surface area contributed by atoms with Crippen LogP contribution >= 0.6 is 0 Å². The Morgan fingerprint density at radius 3 is 2.17 bits per heavy atom. The Balaban J connectivity index is 1.96. The molecule has 0 unspecified atom stereocenters. The molecule has 23 heavy (non-hydrogen) atoms. The lowest BCUT2D eigenvalue weighted by Gasteiger charge is -2.10. The molecule has 0 amide bonds. The molecule has 0 fully saturated rings. The van der Waals surface area contributed by atoms with Crippen molar-refractivity contribution >= 4 is 0 Å². The van der Waals surface area contributed by atoms with E-state index in [1.54, 1.807) is 0 Å². The zero-order valence-electron chi connectivity index (χ0n) is 14.2. The smallest absolute Gasteiger partial charge is 0.184 e. The molecular formula is C22H24N+. The number of aryl methyl sites for hydroxylation is 1. The van der Waals surface area contributed by atoms with Crippen LogP contribution in [0.25, 0.3) is 11.1 Å². The average Bonchev–Trinajstić information content (AvgIpc) is 2.58. The van der Waals surface area contributed by atoms with Crippen LogP contribution in [0.1, 0.15) is 36.6 Å². The molecule has 0 radical (unpaired) electrons. The summed E-state index contributed by atoms with van der Waals surface area (Å²) in [5.74, 6) is 0.490. The highest BCUT2D eigenvalue weighted by molar-refractivity contribution is 5.62. The molecular weight excluding hydrogens is 278 g/mol. The molecule has 1 aromatic heterocycles. The van der Waals surface area contributed by atoms with Crippen LogP contribution in [0.3, 0.4) is 0 Å². The van der Waals surface area contributed by atoms with Gasteiger partial charge in [-0.25, -0.2) is 0 Å². The molecule has 3 aromatic rings. The fourth-order valence-electron chi connectivity index (χ4n) is 2.89. The summed E-state index contributed by atoms with van der Waals surface area (Å²) in [7, 11) is 0. The molecule has 0 aliphatic carbocycles. The second-order valence-corrected chi connectivity index (χ2v) is 6.47. The van der Waals surface area contributed by atoms with Crippen LogP contribution in [0.2, 0.25) is 0 Å². The number of hydrogen-bond acceptors (Lipinski definition) is 0. The minimum atomic E-state index is 0.490. The van der Waals surface area contributed by atoms with Gasteiger partial charge in [0.25, 0.3) is 0 Å². The first-order valence-electron chi connectivity index (χ1n) is 8.28. The summed E-state index contributed by atoms with van der Waals surface area (Å²) in [4.78, 5) is 0. The van der Waals surface area contributed by atoms with Crippen LogP contribution in [0.15, 0.2) is 72.9 Å². The highest BCUT2D eigenvalue weighted by Gasteiger charge is 2.16. The van der Waals surface area contributed by atoms with Crippen molar-refractivity contribution < 1.29 is 4.57 Å². The Bertz CT molecular complexity index is 771. The molecule has 1 nitrogen and oxygen atoms in total. The number of rotatable bonds is 4. The number of nitrogens with zero attached hydrogens (tertiary/aromatic N) is 1. The van der Waals surface area contributed by atoms with E-state index >= 15 is 0 Å². The zero-order chi connectivity index (χ0) is 16.2. The minimum absolute atomic E-state index is 0.490. The number of aromatic nitrogens is 1. The molecule has 2 aromatic carbocycles. The van der Waals surface area contributed by atoms with E-state index in [2.05, 4.69) is 98.3 Å². The molecule has 1 heteroatoms. The molecule has 1 heterocycles. The molecule has 116 valence electrons. The van der Waals surface area contributed by atoms with E-state index < -0.39 is 0 Å². The molecule has 0 aliphatic heterocycles. The first-order valence-corrected chi connectivity index (χ1v) is 8.28. The van der Waals surface area contributed by atoms with Gasteiger partial charge in [0.1, 0.15) is 0 Å². The normalized spacial score (nSPS) is 11.0. The van der Waals surface area contributed by atoms with Gasteiger partial charge in [-0.3, -0.25) is 0 Å². The summed E-state index contributed by atoms with van der Waals surface area (Å²) in [6.07, 6.45) is 2.22. The lowest BCUT2D eigenvalue weighted by molar-refractivity contribution is -0.696. The first kappa shape index (κ1) is 15.5. The van der Waals surface area contributed by atoms with Gasteiger partial charge in [0.15, 0.2) is 18.4 Å². The highest BCUT2D eigenvalue weighted by atomic mass is 15.0. The van der Waals surface area contributed by atoms with Gasteiger partial charge in [0.2, 0.25) is 0 Å². The second-order valence-electron chi connectivity index (χ2n) is 6.47. The van der Waals surface area contributed by atoms with Gasteiger partial charge < -0.3 is 0 Å². The van der Waals surface area contributed by atoms with Crippen molar-refractivity contribution in [1.82, 2.24) is 0 Å². The van der Waals surface area contributed by atoms with Gasteiger partial charge in [-0.05, 0) is 18.1 Å². The fourth-order valence-corrected chi connectivity index (χ4v) is 2.89. The zero-order valence-corrected chi connectivity index (χ0v) is 14.2. The number of pyridine rings is 1. The molecule has 0 bridgehead atoms. The van der Waals surface area contributed by atoms with E-state index in [1.165, 1.54) is 27.9 Å². The van der Waals surface area contributed by atoms with E-state index in [0.717, 1.165) is 6.54 Å². The van der Waals surface area contributed by atoms with Crippen molar-refractivity contribution in [3.05, 3.63) is 89.7 Å². The van der Waals surface area contributed by atoms with Crippen LogP contribution in [0.5, 0.6) is 0 Å². The van der Waals surface area contributed by atoms with Crippen LogP contribution < -0.4 is 4.57 Å². The van der Waals surface area contributed by atoms with E-state index in [1.807, 2.05) is 0 Å². The maximum Gasteiger partial charge on any atom is 0.184 e. The summed E-state index contributed by atoms with van der Waals surface area (Å²) in [5, 5.41) is 0. The van der Waals surface area contributed by atoms with Crippen molar-refractivity contribution in [2.75, 3.05) is 0 Å². The third-order valence-electron chi connectivity index (χ3n) is 4.24. The molecule has 0 saturated carbocycles. The maximum atomic E-state index is 2.36. The first-order chi connectivity index (χ1) is 11.1. The van der Waals surface area contributed by atoms with E-state index in [9.17, 15) is 0 Å². The Kier molecular flexibility index (Phi) is 4.57.